The molecule has 0 aromatic carbocycles. The van der Waals surface area contributed by atoms with Crippen LogP contribution in [0.15, 0.2) is 0 Å². The topological polar surface area (TPSA) is 3.24 Å². The normalized spacial score (nSPS) is 11.1. The van der Waals surface area contributed by atoms with E-state index in [4.69, 9.17) is 0 Å². The van der Waals surface area contributed by atoms with E-state index in [9.17, 15) is 0 Å². The van der Waals surface area contributed by atoms with Gasteiger partial charge in [-0.15, -0.1) is 0 Å². The van der Waals surface area contributed by atoms with Crippen LogP contribution in [0.25, 0.3) is 0 Å². The molecule has 0 unspecified atom stereocenters. The fourth-order valence-corrected chi connectivity index (χ4v) is 0.671. The van der Waals surface area contributed by atoms with Gasteiger partial charge in [0.05, 0.1) is 0 Å². The Hall–Kier alpha value is 0.557. The second-order valence-corrected chi connectivity index (χ2v) is 4.62. The van der Waals surface area contributed by atoms with E-state index < -0.39 is 0 Å². The van der Waals surface area contributed by atoms with Crippen LogP contribution in [-0.2, 0) is 0 Å². The van der Waals surface area contributed by atoms with Crippen LogP contribution >= 0.6 is 0 Å². The second kappa shape index (κ2) is 8.17. The van der Waals surface area contributed by atoms with Crippen molar-refractivity contribution in [1.82, 2.24) is 4.90 Å². The number of rotatable bonds is 3. The molecule has 0 aliphatic heterocycles. The maximum absolute atomic E-state index is 2.38. The van der Waals surface area contributed by atoms with E-state index in [1.807, 2.05) is 0 Å². The molecule has 0 aromatic heterocycles. The van der Waals surface area contributed by atoms with E-state index in [0.29, 0.717) is 4.09 Å². The Kier molecular flexibility index (Phi) is 10.2. The molecule has 0 saturated carbocycles. The summed E-state index contributed by atoms with van der Waals surface area (Å²) in [6, 6.07) is 0. The summed E-state index contributed by atoms with van der Waals surface area (Å²) in [5, 5.41) is 0. The van der Waals surface area contributed by atoms with Gasteiger partial charge in [-0.2, -0.15) is 0 Å². The van der Waals surface area contributed by atoms with Crippen molar-refractivity contribution >= 4 is 17.7 Å². The molecule has 70 valence electrons. The van der Waals surface area contributed by atoms with Gasteiger partial charge >= 0.3 is 42.6 Å². The predicted octanol–water partition coefficient (Wildman–Crippen LogP) is 2.72. The predicted molar refractivity (Wildman–Crippen MR) is 58.9 cm³/mol. The van der Waals surface area contributed by atoms with E-state index in [0.717, 1.165) is 0 Å². The molecule has 0 aliphatic carbocycles. The maximum atomic E-state index is 2.38. The summed E-state index contributed by atoms with van der Waals surface area (Å²) in [6.07, 6.45) is 0. The quantitative estimate of drug-likeness (QED) is 0.581. The zero-order chi connectivity index (χ0) is 10.2. The van der Waals surface area contributed by atoms with Crippen LogP contribution in [0.4, 0.5) is 0 Å². The van der Waals surface area contributed by atoms with Crippen LogP contribution in [0, 0.1) is 0 Å². The molecule has 0 spiro atoms. The SMILES string of the molecule is CCN(CC)CC.[Li][C](C)(C)C. The Balaban J connectivity index is 0. The molecule has 1 nitrogen and oxygen atoms in total. The first kappa shape index (κ1) is 15.0. The number of hydrogen-bond acceptors (Lipinski definition) is 1. The summed E-state index contributed by atoms with van der Waals surface area (Å²) in [7, 11) is 0. The van der Waals surface area contributed by atoms with Gasteiger partial charge in [-0.25, -0.2) is 0 Å². The molecule has 0 aromatic rings. The van der Waals surface area contributed by atoms with E-state index in [-0.39, 0.29) is 0 Å². The molecule has 0 saturated heterocycles. The van der Waals surface area contributed by atoms with Crippen LogP contribution in [0.2, 0.25) is 4.09 Å². The van der Waals surface area contributed by atoms with Gasteiger partial charge in [-0.3, -0.25) is 0 Å². The van der Waals surface area contributed by atoms with E-state index >= 15 is 0 Å². The summed E-state index contributed by atoms with van der Waals surface area (Å²) in [6.45, 7) is 16.7. The van der Waals surface area contributed by atoms with Gasteiger partial charge in [0.25, 0.3) is 0 Å². The molecule has 12 heavy (non-hydrogen) atoms. The average molecular weight is 165 g/mol. The molecule has 0 heterocycles. The second-order valence-electron chi connectivity index (χ2n) is 4.62. The standard InChI is InChI=1S/C6H15N.C4H9.Li/c1-4-7(5-2)6-3;1-4(2)3;/h4-6H2,1-3H3;1-3H3;. The number of hydrogen-bond donors (Lipinski definition) is 0. The fraction of sp³-hybridized carbons (Fsp3) is 1.00. The number of nitrogens with zero attached hydrogens (tertiary/aromatic N) is 1. The first-order chi connectivity index (χ1) is 5.35. The van der Waals surface area contributed by atoms with Crippen molar-refractivity contribution in [3.8, 4) is 0 Å². The van der Waals surface area contributed by atoms with Crippen molar-refractivity contribution in [2.24, 2.45) is 0 Å². The Morgan fingerprint density at radius 1 is 0.917 bits per heavy atom. The Bertz CT molecular complexity index is 70.8. The van der Waals surface area contributed by atoms with E-state index in [1.54, 1.807) is 0 Å². The summed E-state index contributed by atoms with van der Waals surface area (Å²) >= 11 is 2.19. The van der Waals surface area contributed by atoms with Crippen LogP contribution in [0.5, 0.6) is 0 Å². The van der Waals surface area contributed by atoms with Crippen molar-refractivity contribution in [1.29, 1.82) is 0 Å². The Morgan fingerprint density at radius 3 is 1.08 bits per heavy atom. The van der Waals surface area contributed by atoms with Gasteiger partial charge in [-0.05, 0) is 19.6 Å². The van der Waals surface area contributed by atoms with Crippen LogP contribution in [-0.4, -0.2) is 42.2 Å². The summed E-state index contributed by atoms with van der Waals surface area (Å²) < 4.78 is 0.500. The third-order valence-corrected chi connectivity index (χ3v) is 1.34. The van der Waals surface area contributed by atoms with Gasteiger partial charge < -0.3 is 4.90 Å². The molecule has 2 heteroatoms. The molecular formula is C10H24LiN. The molecule has 0 aliphatic rings. The molecular weight excluding hydrogens is 141 g/mol. The van der Waals surface area contributed by atoms with Crippen LogP contribution in [0.3, 0.4) is 0 Å². The molecule has 0 radical (unpaired) electrons. The zero-order valence-electron chi connectivity index (χ0n) is 10.1. The third kappa shape index (κ3) is 22.4. The zero-order valence-corrected chi connectivity index (χ0v) is 10.1. The van der Waals surface area contributed by atoms with Gasteiger partial charge in [0.15, 0.2) is 0 Å². The van der Waals surface area contributed by atoms with Gasteiger partial charge in [-0.1, -0.05) is 20.8 Å². The van der Waals surface area contributed by atoms with Crippen molar-refractivity contribution in [2.45, 2.75) is 45.6 Å². The molecule has 0 bridgehead atoms. The third-order valence-electron chi connectivity index (χ3n) is 1.34. The summed E-state index contributed by atoms with van der Waals surface area (Å²) in [4.78, 5) is 2.38. The minimum atomic E-state index is 0.500. The van der Waals surface area contributed by atoms with Crippen molar-refractivity contribution in [3.63, 3.8) is 0 Å². The minimum absolute atomic E-state index is 0.500. The van der Waals surface area contributed by atoms with Crippen molar-refractivity contribution < 1.29 is 0 Å². The molecule has 0 atom stereocenters. The van der Waals surface area contributed by atoms with Gasteiger partial charge in [0.1, 0.15) is 0 Å². The fourth-order valence-electron chi connectivity index (χ4n) is 0.671. The first-order valence-corrected chi connectivity index (χ1v) is 5.07. The van der Waals surface area contributed by atoms with Crippen LogP contribution < -0.4 is 0 Å². The summed E-state index contributed by atoms with van der Waals surface area (Å²) in [5.74, 6) is 0. The summed E-state index contributed by atoms with van der Waals surface area (Å²) in [5.41, 5.74) is 0. The van der Waals surface area contributed by atoms with Gasteiger partial charge in [0, 0.05) is 0 Å². The Morgan fingerprint density at radius 2 is 1.08 bits per heavy atom. The van der Waals surface area contributed by atoms with Gasteiger partial charge in [0.2, 0.25) is 0 Å². The molecule has 0 N–H and O–H groups in total. The van der Waals surface area contributed by atoms with E-state index in [1.165, 1.54) is 19.6 Å². The first-order valence-electron chi connectivity index (χ1n) is 5.07. The Labute approximate surface area is 88.1 Å². The monoisotopic (exact) mass is 165 g/mol. The molecule has 0 rings (SSSR count). The van der Waals surface area contributed by atoms with Crippen molar-refractivity contribution in [3.05, 3.63) is 0 Å². The van der Waals surface area contributed by atoms with Crippen LogP contribution in [0.1, 0.15) is 41.5 Å². The average Bonchev–Trinajstić information content (AvgIpc) is 1.88. The molecule has 0 amide bonds. The molecule has 0 fully saturated rings. The van der Waals surface area contributed by atoms with E-state index in [2.05, 4.69) is 64.2 Å². The van der Waals surface area contributed by atoms with Crippen molar-refractivity contribution in [2.75, 3.05) is 19.6 Å².